The van der Waals surface area contributed by atoms with E-state index >= 15 is 0 Å². The molecule has 0 amide bonds. The lowest BCUT2D eigenvalue weighted by Gasteiger charge is -2.19. The van der Waals surface area contributed by atoms with Gasteiger partial charge in [0.15, 0.2) is 11.6 Å². The standard InChI is InChI=1S/C16H17ClF3N3O3.C12H9ClF3N3O3.C2HF3O/c1-15(2,3)26-14(24)10-4-5-11(21-13(10)17)23-8-6-12(22-23)25-9-7-16(18,19)20;13-10-7(11(20)21)1-2-8(17-10)19-5-3-9(18-19)22-6-4-12(14,15)16;3-2(4,5)1-6/h4-6,8H,7,9H2,1-3H3;1-3,5H,4,6H2,(H,20,21);1H. The van der Waals surface area contributed by atoms with Crippen molar-refractivity contribution in [2.45, 2.75) is 57.7 Å². The third kappa shape index (κ3) is 16.7. The van der Waals surface area contributed by atoms with Crippen LogP contribution >= 0.6 is 23.2 Å². The van der Waals surface area contributed by atoms with Gasteiger partial charge in [0.05, 0.1) is 37.2 Å². The summed E-state index contributed by atoms with van der Waals surface area (Å²) < 4.78 is 121. The number of halogens is 11. The molecule has 4 heterocycles. The lowest BCUT2D eigenvalue weighted by molar-refractivity contribution is -0.156. The average Bonchev–Trinajstić information content (AvgIpc) is 3.69. The summed E-state index contributed by atoms with van der Waals surface area (Å²) in [7, 11) is 0. The molecule has 0 unspecified atom stereocenters. The molecule has 0 aliphatic carbocycles. The first-order valence-electron chi connectivity index (χ1n) is 14.6. The first-order chi connectivity index (χ1) is 24.8. The van der Waals surface area contributed by atoms with Gasteiger partial charge >= 0.3 is 30.5 Å². The fourth-order valence-corrected chi connectivity index (χ4v) is 3.77. The largest absolute Gasteiger partial charge is 0.478 e. The molecule has 4 rings (SSSR count). The maximum atomic E-state index is 12.1. The number of esters is 1. The number of carboxylic acids is 1. The monoisotopic (exact) mass is 824 g/mol. The molecule has 24 heteroatoms. The highest BCUT2D eigenvalue weighted by atomic mass is 35.5. The van der Waals surface area contributed by atoms with Gasteiger partial charge in [-0.3, -0.25) is 4.79 Å². The average molecular weight is 825 g/mol. The number of aldehydes is 1. The van der Waals surface area contributed by atoms with E-state index in [9.17, 15) is 49.1 Å². The van der Waals surface area contributed by atoms with E-state index in [2.05, 4.69) is 20.2 Å². The summed E-state index contributed by atoms with van der Waals surface area (Å²) in [5.74, 6) is -1.35. The SMILES string of the molecule is CC(C)(C)OC(=O)c1ccc(-n2ccc(OCCC(F)(F)F)n2)nc1Cl.O=C(O)c1ccc(-n2ccc(OCCC(F)(F)F)n2)nc1Cl.O=CC(F)(F)F. The summed E-state index contributed by atoms with van der Waals surface area (Å²) in [4.78, 5) is 39.5. The number of aromatic carboxylic acids is 1. The lowest BCUT2D eigenvalue weighted by Crippen LogP contribution is -2.24. The first kappa shape index (κ1) is 45.0. The van der Waals surface area contributed by atoms with Gasteiger partial charge in [0, 0.05) is 24.5 Å². The van der Waals surface area contributed by atoms with Crippen LogP contribution in [0.15, 0.2) is 48.8 Å². The van der Waals surface area contributed by atoms with Gasteiger partial charge in [-0.1, -0.05) is 23.2 Å². The van der Waals surface area contributed by atoms with Crippen molar-refractivity contribution in [2.24, 2.45) is 0 Å². The number of aromatic nitrogens is 6. The Morgan fingerprint density at radius 2 is 1.11 bits per heavy atom. The van der Waals surface area contributed by atoms with Gasteiger partial charge in [0.25, 0.3) is 0 Å². The van der Waals surface area contributed by atoms with E-state index in [4.69, 9.17) is 47.3 Å². The molecule has 0 fully saturated rings. The number of nitrogens with zero attached hydrogens (tertiary/aromatic N) is 6. The molecule has 4 aromatic heterocycles. The van der Waals surface area contributed by atoms with Gasteiger partial charge in [-0.15, -0.1) is 10.2 Å². The summed E-state index contributed by atoms with van der Waals surface area (Å²) >= 11 is 11.8. The van der Waals surface area contributed by atoms with Crippen LogP contribution in [-0.4, -0.2) is 90.2 Å². The molecule has 4 aromatic rings. The Bertz CT molecular complexity index is 1880. The second-order valence-electron chi connectivity index (χ2n) is 11.1. The lowest BCUT2D eigenvalue weighted by atomic mass is 10.2. The van der Waals surface area contributed by atoms with Crippen molar-refractivity contribution in [3.63, 3.8) is 0 Å². The Kier molecular flexibility index (Phi) is 15.7. The Labute approximate surface area is 308 Å². The predicted molar refractivity (Wildman–Crippen MR) is 169 cm³/mol. The molecule has 0 atom stereocenters. The van der Waals surface area contributed by atoms with Crippen LogP contribution in [0, 0.1) is 0 Å². The highest BCUT2D eigenvalue weighted by Crippen LogP contribution is 2.23. The number of hydrogen-bond donors (Lipinski definition) is 1. The minimum atomic E-state index is -4.64. The van der Waals surface area contributed by atoms with E-state index in [-0.39, 0.29) is 44.8 Å². The second-order valence-corrected chi connectivity index (χ2v) is 11.8. The maximum absolute atomic E-state index is 12.1. The van der Waals surface area contributed by atoms with Crippen LogP contribution in [0.3, 0.4) is 0 Å². The third-order valence-electron chi connectivity index (χ3n) is 5.52. The molecule has 0 aliphatic heterocycles. The van der Waals surface area contributed by atoms with E-state index in [0.29, 0.717) is 0 Å². The molecule has 0 bridgehead atoms. The first-order valence-corrected chi connectivity index (χ1v) is 15.4. The molecule has 0 saturated heterocycles. The fraction of sp³-hybridized carbons (Fsp3) is 0.367. The van der Waals surface area contributed by atoms with Crippen molar-refractivity contribution in [2.75, 3.05) is 13.2 Å². The Morgan fingerprint density at radius 3 is 1.43 bits per heavy atom. The zero-order chi connectivity index (χ0) is 41.1. The van der Waals surface area contributed by atoms with Gasteiger partial charge in [-0.25, -0.2) is 28.9 Å². The molecule has 13 nitrogen and oxygen atoms in total. The fourth-order valence-electron chi connectivity index (χ4n) is 3.32. The van der Waals surface area contributed by atoms with Crippen molar-refractivity contribution in [1.29, 1.82) is 0 Å². The zero-order valence-corrected chi connectivity index (χ0v) is 29.3. The minimum absolute atomic E-state index is 0.00974. The van der Waals surface area contributed by atoms with Gasteiger partial charge in [0.2, 0.25) is 18.0 Å². The van der Waals surface area contributed by atoms with E-state index in [1.807, 2.05) is 0 Å². The van der Waals surface area contributed by atoms with E-state index in [1.54, 1.807) is 20.8 Å². The molecule has 0 aromatic carbocycles. The summed E-state index contributed by atoms with van der Waals surface area (Å²) in [5.41, 5.74) is -0.748. The molecule has 54 heavy (non-hydrogen) atoms. The van der Waals surface area contributed by atoms with Crippen molar-refractivity contribution < 1.29 is 73.2 Å². The van der Waals surface area contributed by atoms with Crippen LogP contribution in [0.5, 0.6) is 11.8 Å². The van der Waals surface area contributed by atoms with Crippen molar-refractivity contribution in [3.8, 4) is 23.4 Å². The Balaban J connectivity index is 0.000000328. The van der Waals surface area contributed by atoms with Crippen LogP contribution in [0.1, 0.15) is 54.3 Å². The summed E-state index contributed by atoms with van der Waals surface area (Å²) in [6.07, 6.45) is -13.6. The number of carboxylic acid groups (broad SMARTS) is 1. The van der Waals surface area contributed by atoms with Crippen molar-refractivity contribution in [1.82, 2.24) is 29.5 Å². The van der Waals surface area contributed by atoms with E-state index in [0.717, 1.165) is 0 Å². The van der Waals surface area contributed by atoms with E-state index < -0.39 is 68.4 Å². The van der Waals surface area contributed by atoms with E-state index in [1.165, 1.54) is 58.2 Å². The highest BCUT2D eigenvalue weighted by molar-refractivity contribution is 6.32. The van der Waals surface area contributed by atoms with Crippen LogP contribution in [0.4, 0.5) is 39.5 Å². The number of hydrogen-bond acceptors (Lipinski definition) is 10. The van der Waals surface area contributed by atoms with Crippen LogP contribution in [-0.2, 0) is 9.53 Å². The van der Waals surface area contributed by atoms with Crippen LogP contribution in [0.25, 0.3) is 11.6 Å². The molecular formula is C30H27Cl2F9N6O7. The topological polar surface area (TPSA) is 161 Å². The van der Waals surface area contributed by atoms with Gasteiger partial charge < -0.3 is 19.3 Å². The Morgan fingerprint density at radius 1 is 0.722 bits per heavy atom. The normalized spacial score (nSPS) is 11.7. The molecule has 0 radical (unpaired) electrons. The second kappa shape index (κ2) is 18.8. The predicted octanol–water partition coefficient (Wildman–Crippen LogP) is 7.90. The van der Waals surface area contributed by atoms with Crippen LogP contribution < -0.4 is 9.47 Å². The summed E-state index contributed by atoms with van der Waals surface area (Å²) in [5, 5.41) is 16.4. The molecule has 0 aliphatic rings. The number of carbonyl (C=O) groups excluding carboxylic acids is 2. The van der Waals surface area contributed by atoms with Crippen molar-refractivity contribution in [3.05, 3.63) is 70.2 Å². The third-order valence-corrected chi connectivity index (χ3v) is 6.10. The molecular weight excluding hydrogens is 798 g/mol. The summed E-state index contributed by atoms with van der Waals surface area (Å²) in [6.45, 7) is 4.10. The molecule has 0 saturated carbocycles. The number of ether oxygens (including phenoxy) is 3. The molecule has 0 spiro atoms. The maximum Gasteiger partial charge on any atom is 0.446 e. The number of rotatable bonds is 10. The quantitative estimate of drug-likeness (QED) is 0.0717. The minimum Gasteiger partial charge on any atom is -0.478 e. The highest BCUT2D eigenvalue weighted by Gasteiger charge is 2.28. The van der Waals surface area contributed by atoms with Crippen molar-refractivity contribution >= 4 is 41.4 Å². The smallest absolute Gasteiger partial charge is 0.446 e. The van der Waals surface area contributed by atoms with Gasteiger partial charge in [0.1, 0.15) is 15.9 Å². The molecule has 296 valence electrons. The van der Waals surface area contributed by atoms with Crippen LogP contribution in [0.2, 0.25) is 10.3 Å². The number of carbonyl (C=O) groups is 3. The number of alkyl halides is 9. The number of pyridine rings is 2. The summed E-state index contributed by atoms with van der Waals surface area (Å²) in [6, 6.07) is 8.29. The molecule has 1 N–H and O–H groups in total. The van der Waals surface area contributed by atoms with Gasteiger partial charge in [-0.05, 0) is 45.0 Å². The van der Waals surface area contributed by atoms with Gasteiger partial charge in [-0.2, -0.15) is 39.5 Å². The zero-order valence-electron chi connectivity index (χ0n) is 27.8. The Hall–Kier alpha value is -5.12.